The number of hydrogen-bond donors (Lipinski definition) is 1. The molecule has 0 aliphatic rings. The summed E-state index contributed by atoms with van der Waals surface area (Å²) in [5.41, 5.74) is 1.66. The Kier molecular flexibility index (Phi) is 4.90. The molecule has 25 heavy (non-hydrogen) atoms. The normalized spacial score (nSPS) is 12.1. The number of hydrogen-bond acceptors (Lipinski definition) is 5. The average Bonchev–Trinajstić information content (AvgIpc) is 3.09. The Morgan fingerprint density at radius 3 is 2.84 bits per heavy atom. The quantitative estimate of drug-likeness (QED) is 0.707. The van der Waals surface area contributed by atoms with Crippen LogP contribution in [0.1, 0.15) is 29.0 Å². The van der Waals surface area contributed by atoms with Crippen LogP contribution in [0.15, 0.2) is 44.9 Å². The molecule has 1 N–H and O–H groups in total. The number of ether oxygens (including phenoxy) is 1. The first kappa shape index (κ1) is 17.2. The van der Waals surface area contributed by atoms with Crippen LogP contribution in [0, 0.1) is 13.8 Å². The van der Waals surface area contributed by atoms with Gasteiger partial charge in [-0.15, -0.1) is 11.3 Å². The lowest BCUT2D eigenvalue weighted by Crippen LogP contribution is -2.31. The van der Waals surface area contributed by atoms with Crippen LogP contribution in [0.3, 0.4) is 0 Å². The predicted molar refractivity (Wildman–Crippen MR) is 98.3 cm³/mol. The first-order chi connectivity index (χ1) is 12.0. The second-order valence-electron chi connectivity index (χ2n) is 5.91. The Bertz CT molecular complexity index is 959. The van der Waals surface area contributed by atoms with E-state index in [4.69, 9.17) is 9.15 Å². The van der Waals surface area contributed by atoms with Crippen LogP contribution < -0.4 is 15.7 Å². The van der Waals surface area contributed by atoms with Crippen molar-refractivity contribution in [3.05, 3.63) is 62.1 Å². The van der Waals surface area contributed by atoms with Crippen LogP contribution in [0.25, 0.3) is 11.0 Å². The third-order valence-electron chi connectivity index (χ3n) is 4.02. The number of aryl methyl sites for hydroxylation is 2. The van der Waals surface area contributed by atoms with E-state index in [1.54, 1.807) is 17.4 Å². The molecule has 6 heteroatoms. The molecule has 1 aromatic carbocycles. The molecule has 2 heterocycles. The van der Waals surface area contributed by atoms with Gasteiger partial charge >= 0.3 is 5.63 Å². The van der Waals surface area contributed by atoms with Crippen LogP contribution >= 0.6 is 11.3 Å². The van der Waals surface area contributed by atoms with Crippen LogP contribution in [-0.4, -0.2) is 12.5 Å². The summed E-state index contributed by atoms with van der Waals surface area (Å²) in [5.74, 6) is 0.325. The molecular weight excluding hydrogens is 338 g/mol. The molecule has 0 radical (unpaired) electrons. The monoisotopic (exact) mass is 357 g/mol. The van der Waals surface area contributed by atoms with E-state index >= 15 is 0 Å². The number of carbonyl (C=O) groups excluding carboxylic acids is 1. The summed E-state index contributed by atoms with van der Waals surface area (Å²) in [7, 11) is 0. The molecule has 0 spiro atoms. The van der Waals surface area contributed by atoms with Gasteiger partial charge in [-0.2, -0.15) is 0 Å². The minimum absolute atomic E-state index is 0.0607. The van der Waals surface area contributed by atoms with E-state index in [0.29, 0.717) is 16.9 Å². The molecule has 0 saturated carbocycles. The van der Waals surface area contributed by atoms with E-state index in [9.17, 15) is 9.59 Å². The molecule has 1 amide bonds. The molecular formula is C19H19NO4S. The highest BCUT2D eigenvalue weighted by Gasteiger charge is 2.13. The van der Waals surface area contributed by atoms with E-state index in [2.05, 4.69) is 5.32 Å². The summed E-state index contributed by atoms with van der Waals surface area (Å²) < 4.78 is 10.9. The lowest BCUT2D eigenvalue weighted by Gasteiger charge is -2.14. The molecule has 3 aromatic rings. The van der Waals surface area contributed by atoms with Crippen molar-refractivity contribution in [2.45, 2.75) is 26.8 Å². The van der Waals surface area contributed by atoms with E-state index in [1.807, 2.05) is 44.4 Å². The minimum Gasteiger partial charge on any atom is -0.483 e. The van der Waals surface area contributed by atoms with Crippen molar-refractivity contribution in [3.8, 4) is 5.75 Å². The van der Waals surface area contributed by atoms with Gasteiger partial charge < -0.3 is 14.5 Å². The largest absolute Gasteiger partial charge is 0.483 e. The number of amides is 1. The minimum atomic E-state index is -0.396. The first-order valence-electron chi connectivity index (χ1n) is 7.95. The summed E-state index contributed by atoms with van der Waals surface area (Å²) >= 11 is 1.60. The van der Waals surface area contributed by atoms with Crippen molar-refractivity contribution in [3.63, 3.8) is 0 Å². The topological polar surface area (TPSA) is 68.5 Å². The van der Waals surface area contributed by atoms with Gasteiger partial charge in [0, 0.05) is 21.9 Å². The van der Waals surface area contributed by atoms with E-state index in [1.165, 1.54) is 6.07 Å². The van der Waals surface area contributed by atoms with Gasteiger partial charge in [0.25, 0.3) is 5.91 Å². The van der Waals surface area contributed by atoms with Crippen molar-refractivity contribution in [2.24, 2.45) is 0 Å². The fraction of sp³-hybridized carbons (Fsp3) is 0.263. The second kappa shape index (κ2) is 7.11. The maximum Gasteiger partial charge on any atom is 0.336 e. The zero-order chi connectivity index (χ0) is 18.0. The lowest BCUT2D eigenvalue weighted by molar-refractivity contribution is -0.123. The molecule has 0 saturated heterocycles. The van der Waals surface area contributed by atoms with Gasteiger partial charge in [0.15, 0.2) is 6.61 Å². The van der Waals surface area contributed by atoms with Gasteiger partial charge in [-0.3, -0.25) is 4.79 Å². The maximum absolute atomic E-state index is 12.1. The molecule has 0 aliphatic carbocycles. The highest BCUT2D eigenvalue weighted by Crippen LogP contribution is 2.28. The number of benzene rings is 1. The molecule has 3 rings (SSSR count). The Balaban J connectivity index is 1.72. The molecule has 0 fully saturated rings. The van der Waals surface area contributed by atoms with Gasteiger partial charge in [-0.25, -0.2) is 4.79 Å². The summed E-state index contributed by atoms with van der Waals surface area (Å²) in [4.78, 5) is 24.8. The average molecular weight is 357 g/mol. The Labute approximate surface area is 149 Å². The maximum atomic E-state index is 12.1. The van der Waals surface area contributed by atoms with E-state index in [-0.39, 0.29) is 18.6 Å². The Morgan fingerprint density at radius 1 is 1.32 bits per heavy atom. The molecule has 0 bridgehead atoms. The van der Waals surface area contributed by atoms with E-state index < -0.39 is 5.63 Å². The Hall–Kier alpha value is -2.60. The van der Waals surface area contributed by atoms with Crippen LogP contribution in [0.2, 0.25) is 0 Å². The number of rotatable bonds is 5. The number of thiophene rings is 1. The van der Waals surface area contributed by atoms with Crippen molar-refractivity contribution >= 4 is 28.2 Å². The van der Waals surface area contributed by atoms with Gasteiger partial charge in [0.05, 0.1) is 6.04 Å². The summed E-state index contributed by atoms with van der Waals surface area (Å²) in [6.07, 6.45) is 0. The first-order valence-corrected chi connectivity index (χ1v) is 8.83. The summed E-state index contributed by atoms with van der Waals surface area (Å²) in [6, 6.07) is 8.96. The highest BCUT2D eigenvalue weighted by atomic mass is 32.1. The fourth-order valence-electron chi connectivity index (χ4n) is 2.69. The molecule has 1 atom stereocenters. The van der Waals surface area contributed by atoms with Crippen LogP contribution in [0.5, 0.6) is 5.75 Å². The van der Waals surface area contributed by atoms with Crippen molar-refractivity contribution in [2.75, 3.05) is 6.61 Å². The van der Waals surface area contributed by atoms with Crippen molar-refractivity contribution in [1.82, 2.24) is 5.32 Å². The lowest BCUT2D eigenvalue weighted by atomic mass is 10.1. The number of fused-ring (bicyclic) bond motifs is 1. The zero-order valence-corrected chi connectivity index (χ0v) is 15.1. The third kappa shape index (κ3) is 3.74. The van der Waals surface area contributed by atoms with Gasteiger partial charge in [0.2, 0.25) is 0 Å². The van der Waals surface area contributed by atoms with Gasteiger partial charge in [0.1, 0.15) is 11.3 Å². The van der Waals surface area contributed by atoms with Gasteiger partial charge in [-0.1, -0.05) is 6.07 Å². The second-order valence-corrected chi connectivity index (χ2v) is 6.89. The standard InChI is InChI=1S/C19H19NO4S/c1-11-9-18(22)24-19-12(2)15(7-6-14(11)19)23-10-17(21)20-13(3)16-5-4-8-25-16/h4-9,13H,10H2,1-3H3,(H,20,21)/t13-/m0/s1. The summed E-state index contributed by atoms with van der Waals surface area (Å²) in [5, 5.41) is 5.74. The zero-order valence-electron chi connectivity index (χ0n) is 14.3. The fourth-order valence-corrected chi connectivity index (χ4v) is 3.43. The van der Waals surface area contributed by atoms with Crippen molar-refractivity contribution in [1.29, 1.82) is 0 Å². The third-order valence-corrected chi connectivity index (χ3v) is 5.08. The van der Waals surface area contributed by atoms with E-state index in [0.717, 1.165) is 15.8 Å². The van der Waals surface area contributed by atoms with Gasteiger partial charge in [-0.05, 0) is 49.9 Å². The molecule has 130 valence electrons. The molecule has 2 aromatic heterocycles. The van der Waals surface area contributed by atoms with Crippen LogP contribution in [0.4, 0.5) is 0 Å². The SMILES string of the molecule is Cc1cc(=O)oc2c(C)c(OCC(=O)N[C@@H](C)c3cccs3)ccc12. The molecule has 0 aliphatic heterocycles. The number of nitrogens with one attached hydrogen (secondary N) is 1. The van der Waals surface area contributed by atoms with Crippen LogP contribution in [-0.2, 0) is 4.79 Å². The Morgan fingerprint density at radius 2 is 2.12 bits per heavy atom. The molecule has 5 nitrogen and oxygen atoms in total. The molecule has 0 unspecified atom stereocenters. The highest BCUT2D eigenvalue weighted by molar-refractivity contribution is 7.10. The van der Waals surface area contributed by atoms with Crippen molar-refractivity contribution < 1.29 is 13.9 Å². The smallest absolute Gasteiger partial charge is 0.336 e. The number of carbonyl (C=O) groups is 1. The predicted octanol–water partition coefficient (Wildman–Crippen LogP) is 3.73. The summed E-state index contributed by atoms with van der Waals surface area (Å²) in [6.45, 7) is 5.51.